The lowest BCUT2D eigenvalue weighted by molar-refractivity contribution is 0.0113. The zero-order valence-electron chi connectivity index (χ0n) is 12.4. The van der Waals surface area contributed by atoms with E-state index in [1.807, 2.05) is 45.3 Å². The molecule has 6 nitrogen and oxygen atoms in total. The summed E-state index contributed by atoms with van der Waals surface area (Å²) in [5, 5.41) is 18.0. The van der Waals surface area contributed by atoms with E-state index in [0.29, 0.717) is 24.5 Å². The molecule has 0 fully saturated rings. The summed E-state index contributed by atoms with van der Waals surface area (Å²) in [7, 11) is 1.81. The van der Waals surface area contributed by atoms with Crippen molar-refractivity contribution in [3.05, 3.63) is 35.7 Å². The van der Waals surface area contributed by atoms with Gasteiger partial charge in [0.25, 0.3) is 0 Å². The number of rotatable bonds is 3. The van der Waals surface area contributed by atoms with Crippen LogP contribution in [0.15, 0.2) is 24.4 Å². The smallest absolute Gasteiger partial charge is 0.134 e. The van der Waals surface area contributed by atoms with Gasteiger partial charge in [-0.05, 0) is 26.0 Å². The summed E-state index contributed by atoms with van der Waals surface area (Å²) in [6.07, 6.45) is 1.89. The minimum Gasteiger partial charge on any atom is -0.487 e. The van der Waals surface area contributed by atoms with Crippen LogP contribution in [0, 0.1) is 0 Å². The van der Waals surface area contributed by atoms with E-state index in [9.17, 15) is 5.11 Å². The number of aromatic nitrogens is 3. The van der Waals surface area contributed by atoms with Gasteiger partial charge in [0.15, 0.2) is 0 Å². The fourth-order valence-corrected chi connectivity index (χ4v) is 2.50. The van der Waals surface area contributed by atoms with Gasteiger partial charge in [0.05, 0.1) is 12.3 Å². The summed E-state index contributed by atoms with van der Waals surface area (Å²) in [6, 6.07) is 5.50. The molecule has 1 aliphatic heterocycles. The lowest BCUT2D eigenvalue weighted by Crippen LogP contribution is -2.34. The number of fused-ring (bicyclic) bond motifs is 1. The molecule has 1 aromatic heterocycles. The molecule has 0 aliphatic carbocycles. The maximum Gasteiger partial charge on any atom is 0.134 e. The van der Waals surface area contributed by atoms with Crippen molar-refractivity contribution in [1.82, 2.24) is 15.0 Å². The SMILES string of the molecule is Cn1cc(COc2ccc3c(c2)OC(C)(C)CC3O)nn1. The third-order valence-corrected chi connectivity index (χ3v) is 3.45. The van der Waals surface area contributed by atoms with Gasteiger partial charge in [-0.15, -0.1) is 5.10 Å². The highest BCUT2D eigenvalue weighted by Crippen LogP contribution is 2.41. The lowest BCUT2D eigenvalue weighted by atomic mass is 9.92. The second kappa shape index (κ2) is 5.04. The van der Waals surface area contributed by atoms with Crippen LogP contribution < -0.4 is 9.47 Å². The second-order valence-electron chi connectivity index (χ2n) is 5.95. The maximum atomic E-state index is 10.2. The predicted molar refractivity (Wildman–Crippen MR) is 76.1 cm³/mol. The van der Waals surface area contributed by atoms with Gasteiger partial charge in [-0.25, -0.2) is 0 Å². The average molecular weight is 289 g/mol. The van der Waals surface area contributed by atoms with E-state index in [2.05, 4.69) is 10.3 Å². The van der Waals surface area contributed by atoms with E-state index in [4.69, 9.17) is 9.47 Å². The number of aliphatic hydroxyl groups is 1. The van der Waals surface area contributed by atoms with Gasteiger partial charge >= 0.3 is 0 Å². The molecule has 1 aliphatic rings. The van der Waals surface area contributed by atoms with E-state index >= 15 is 0 Å². The average Bonchev–Trinajstić information content (AvgIpc) is 2.80. The molecule has 112 valence electrons. The number of aryl methyl sites for hydroxylation is 1. The van der Waals surface area contributed by atoms with E-state index in [1.54, 1.807) is 4.68 Å². The molecule has 1 atom stereocenters. The fourth-order valence-electron chi connectivity index (χ4n) is 2.50. The Morgan fingerprint density at radius 2 is 2.29 bits per heavy atom. The molecule has 0 radical (unpaired) electrons. The molecule has 21 heavy (non-hydrogen) atoms. The van der Waals surface area contributed by atoms with E-state index in [1.165, 1.54) is 0 Å². The summed E-state index contributed by atoms with van der Waals surface area (Å²) in [4.78, 5) is 0. The first-order valence-electron chi connectivity index (χ1n) is 6.92. The van der Waals surface area contributed by atoms with Gasteiger partial charge in [-0.1, -0.05) is 5.21 Å². The van der Waals surface area contributed by atoms with Gasteiger partial charge in [0.1, 0.15) is 29.4 Å². The van der Waals surface area contributed by atoms with Crippen molar-refractivity contribution in [2.24, 2.45) is 7.05 Å². The molecule has 1 aromatic carbocycles. The minimum atomic E-state index is -0.502. The first-order chi connectivity index (χ1) is 9.93. The predicted octanol–water partition coefficient (Wildman–Crippen LogP) is 1.99. The van der Waals surface area contributed by atoms with E-state index in [-0.39, 0.29) is 5.60 Å². The molecule has 0 bridgehead atoms. The largest absolute Gasteiger partial charge is 0.487 e. The minimum absolute atomic E-state index is 0.346. The Hall–Kier alpha value is -2.08. The number of hydrogen-bond donors (Lipinski definition) is 1. The molecule has 1 N–H and O–H groups in total. The third kappa shape index (κ3) is 3.00. The molecular formula is C15H19N3O3. The Kier molecular flexibility index (Phi) is 3.33. The molecular weight excluding hydrogens is 270 g/mol. The van der Waals surface area contributed by atoms with E-state index < -0.39 is 6.10 Å². The Balaban J connectivity index is 1.76. The van der Waals surface area contributed by atoms with Gasteiger partial charge < -0.3 is 14.6 Å². The van der Waals surface area contributed by atoms with Crippen molar-refractivity contribution in [3.8, 4) is 11.5 Å². The highest BCUT2D eigenvalue weighted by Gasteiger charge is 2.32. The third-order valence-electron chi connectivity index (χ3n) is 3.45. The number of benzene rings is 1. The summed E-state index contributed by atoms with van der Waals surface area (Å²) in [5.41, 5.74) is 1.19. The van der Waals surface area contributed by atoms with Crippen molar-refractivity contribution >= 4 is 0 Å². The Morgan fingerprint density at radius 1 is 1.48 bits per heavy atom. The van der Waals surface area contributed by atoms with Crippen LogP contribution in [-0.4, -0.2) is 25.7 Å². The second-order valence-corrected chi connectivity index (χ2v) is 5.95. The Bertz CT molecular complexity index is 651. The van der Waals surface area contributed by atoms with Gasteiger partial charge in [0, 0.05) is 25.1 Å². The van der Waals surface area contributed by atoms with Crippen LogP contribution in [0.25, 0.3) is 0 Å². The van der Waals surface area contributed by atoms with Crippen LogP contribution in [0.1, 0.15) is 37.6 Å². The number of nitrogens with zero attached hydrogens (tertiary/aromatic N) is 3. The molecule has 0 spiro atoms. The Morgan fingerprint density at radius 3 is 3.00 bits per heavy atom. The topological polar surface area (TPSA) is 69.4 Å². The highest BCUT2D eigenvalue weighted by atomic mass is 16.5. The van der Waals surface area contributed by atoms with Gasteiger partial charge in [-0.2, -0.15) is 0 Å². The maximum absolute atomic E-state index is 10.2. The van der Waals surface area contributed by atoms with Crippen molar-refractivity contribution in [1.29, 1.82) is 0 Å². The highest BCUT2D eigenvalue weighted by molar-refractivity contribution is 5.43. The van der Waals surface area contributed by atoms with Crippen LogP contribution in [0.2, 0.25) is 0 Å². The summed E-state index contributed by atoms with van der Waals surface area (Å²) in [6.45, 7) is 4.27. The fraction of sp³-hybridized carbons (Fsp3) is 0.467. The van der Waals surface area contributed by atoms with Crippen molar-refractivity contribution in [2.75, 3.05) is 0 Å². The van der Waals surface area contributed by atoms with Crippen LogP contribution in [0.3, 0.4) is 0 Å². The summed E-state index contributed by atoms with van der Waals surface area (Å²) >= 11 is 0. The molecule has 0 amide bonds. The normalized spacial score (nSPS) is 19.7. The molecule has 0 saturated heterocycles. The van der Waals surface area contributed by atoms with Crippen molar-refractivity contribution in [2.45, 2.75) is 38.6 Å². The van der Waals surface area contributed by atoms with E-state index in [0.717, 1.165) is 11.3 Å². The molecule has 2 aromatic rings. The molecule has 2 heterocycles. The van der Waals surface area contributed by atoms with Crippen LogP contribution in [0.4, 0.5) is 0 Å². The zero-order chi connectivity index (χ0) is 15.0. The summed E-state index contributed by atoms with van der Waals surface area (Å²) in [5.74, 6) is 1.36. The summed E-state index contributed by atoms with van der Waals surface area (Å²) < 4.78 is 13.2. The first-order valence-corrected chi connectivity index (χ1v) is 6.92. The molecule has 6 heteroatoms. The zero-order valence-corrected chi connectivity index (χ0v) is 12.4. The van der Waals surface area contributed by atoms with Crippen LogP contribution in [-0.2, 0) is 13.7 Å². The molecule has 1 unspecified atom stereocenters. The van der Waals surface area contributed by atoms with Crippen LogP contribution in [0.5, 0.6) is 11.5 Å². The molecule has 0 saturated carbocycles. The quantitative estimate of drug-likeness (QED) is 0.935. The van der Waals surface area contributed by atoms with Crippen LogP contribution >= 0.6 is 0 Å². The number of hydrogen-bond acceptors (Lipinski definition) is 5. The van der Waals surface area contributed by atoms with Gasteiger partial charge in [0.2, 0.25) is 0 Å². The monoisotopic (exact) mass is 289 g/mol. The number of ether oxygens (including phenoxy) is 2. The van der Waals surface area contributed by atoms with Crippen molar-refractivity contribution in [3.63, 3.8) is 0 Å². The first kappa shape index (κ1) is 13.9. The lowest BCUT2D eigenvalue weighted by Gasteiger charge is -2.35. The standard InChI is InChI=1S/C15H19N3O3/c1-15(2)7-13(19)12-5-4-11(6-14(12)21-15)20-9-10-8-18(3)17-16-10/h4-6,8,13,19H,7,9H2,1-3H3. The Labute approximate surface area is 123 Å². The molecule has 3 rings (SSSR count). The van der Waals surface area contributed by atoms with Gasteiger partial charge in [-0.3, -0.25) is 4.68 Å². The van der Waals surface area contributed by atoms with Crippen molar-refractivity contribution < 1.29 is 14.6 Å². The number of aliphatic hydroxyl groups excluding tert-OH is 1.